The zero-order valence-electron chi connectivity index (χ0n) is 11.7. The minimum Gasteiger partial charge on any atom is -0.478 e. The van der Waals surface area contributed by atoms with Gasteiger partial charge < -0.3 is 10.4 Å². The van der Waals surface area contributed by atoms with Crippen LogP contribution in [0.3, 0.4) is 0 Å². The van der Waals surface area contributed by atoms with E-state index < -0.39 is 5.97 Å². The first-order valence-corrected chi connectivity index (χ1v) is 8.75. The van der Waals surface area contributed by atoms with Gasteiger partial charge in [0, 0.05) is 10.8 Å². The van der Waals surface area contributed by atoms with Crippen molar-refractivity contribution in [3.8, 4) is 0 Å². The molecule has 2 heterocycles. The third-order valence-corrected chi connectivity index (χ3v) is 5.72. The fraction of sp³-hybridized carbons (Fsp3) is 0.571. The first-order chi connectivity index (χ1) is 9.54. The molecule has 0 aliphatic carbocycles. The monoisotopic (exact) mass is 313 g/mol. The van der Waals surface area contributed by atoms with Crippen LogP contribution in [0.15, 0.2) is 0 Å². The van der Waals surface area contributed by atoms with Crippen molar-refractivity contribution in [3.63, 3.8) is 0 Å². The molecule has 1 aromatic rings. The van der Waals surface area contributed by atoms with E-state index in [1.54, 1.807) is 0 Å². The SMILES string of the molecule is CCc1c(C)sc(NC(=O)C2CCSCC2)c1C(=O)O. The van der Waals surface area contributed by atoms with Crippen molar-refractivity contribution in [2.75, 3.05) is 16.8 Å². The Labute approximate surface area is 127 Å². The Balaban J connectivity index is 2.20. The Morgan fingerprint density at radius 2 is 2.00 bits per heavy atom. The summed E-state index contributed by atoms with van der Waals surface area (Å²) in [6.07, 6.45) is 2.42. The molecule has 0 radical (unpaired) electrons. The van der Waals surface area contributed by atoms with Crippen molar-refractivity contribution in [2.24, 2.45) is 5.92 Å². The molecule has 1 aliphatic heterocycles. The summed E-state index contributed by atoms with van der Waals surface area (Å²) >= 11 is 3.24. The highest BCUT2D eigenvalue weighted by atomic mass is 32.2. The highest BCUT2D eigenvalue weighted by Crippen LogP contribution is 2.34. The van der Waals surface area contributed by atoms with Gasteiger partial charge in [0.1, 0.15) is 5.00 Å². The lowest BCUT2D eigenvalue weighted by Gasteiger charge is -2.20. The number of rotatable bonds is 4. The molecule has 6 heteroatoms. The minimum atomic E-state index is -0.958. The topological polar surface area (TPSA) is 66.4 Å². The summed E-state index contributed by atoms with van der Waals surface area (Å²) in [4.78, 5) is 24.6. The second-order valence-corrected chi connectivity index (χ2v) is 7.33. The predicted molar refractivity (Wildman–Crippen MR) is 84.1 cm³/mol. The fourth-order valence-electron chi connectivity index (χ4n) is 2.49. The van der Waals surface area contributed by atoms with E-state index in [4.69, 9.17) is 0 Å². The normalized spacial score (nSPS) is 16.1. The van der Waals surface area contributed by atoms with E-state index in [1.165, 1.54) is 11.3 Å². The van der Waals surface area contributed by atoms with Crippen LogP contribution in [-0.2, 0) is 11.2 Å². The van der Waals surface area contributed by atoms with E-state index in [9.17, 15) is 14.7 Å². The Morgan fingerprint density at radius 3 is 2.55 bits per heavy atom. The third kappa shape index (κ3) is 3.17. The first-order valence-electron chi connectivity index (χ1n) is 6.78. The van der Waals surface area contributed by atoms with E-state index >= 15 is 0 Å². The maximum atomic E-state index is 12.2. The summed E-state index contributed by atoms with van der Waals surface area (Å²) in [6, 6.07) is 0. The van der Waals surface area contributed by atoms with Crippen LogP contribution in [0.2, 0.25) is 0 Å². The number of amides is 1. The second kappa shape index (κ2) is 6.63. The Morgan fingerprint density at radius 1 is 1.35 bits per heavy atom. The van der Waals surface area contributed by atoms with E-state index in [0.717, 1.165) is 34.8 Å². The maximum Gasteiger partial charge on any atom is 0.339 e. The molecule has 1 amide bonds. The predicted octanol–water partition coefficient (Wildman–Crippen LogP) is 3.40. The summed E-state index contributed by atoms with van der Waals surface area (Å²) in [6.45, 7) is 3.84. The van der Waals surface area contributed by atoms with Crippen molar-refractivity contribution < 1.29 is 14.7 Å². The molecule has 1 fully saturated rings. The summed E-state index contributed by atoms with van der Waals surface area (Å²) < 4.78 is 0. The molecule has 2 N–H and O–H groups in total. The minimum absolute atomic E-state index is 0.0189. The largest absolute Gasteiger partial charge is 0.478 e. The Bertz CT molecular complexity index is 519. The Hall–Kier alpha value is -1.01. The average molecular weight is 313 g/mol. The van der Waals surface area contributed by atoms with Gasteiger partial charge in [-0.25, -0.2) is 4.79 Å². The molecule has 0 unspecified atom stereocenters. The lowest BCUT2D eigenvalue weighted by atomic mass is 10.0. The van der Waals surface area contributed by atoms with Crippen LogP contribution in [-0.4, -0.2) is 28.5 Å². The standard InChI is InChI=1S/C14H19NO3S2/c1-3-10-8(2)20-13(11(10)14(17)18)15-12(16)9-4-6-19-7-5-9/h9H,3-7H2,1-2H3,(H,15,16)(H,17,18). The van der Waals surface area contributed by atoms with Crippen LogP contribution in [0, 0.1) is 12.8 Å². The van der Waals surface area contributed by atoms with Crippen LogP contribution in [0.25, 0.3) is 0 Å². The van der Waals surface area contributed by atoms with Crippen molar-refractivity contribution >= 4 is 40.0 Å². The summed E-state index contributed by atoms with van der Waals surface area (Å²) in [5, 5.41) is 12.7. The number of carboxylic acids is 1. The van der Waals surface area contributed by atoms with Gasteiger partial charge in [0.15, 0.2) is 0 Å². The molecule has 0 atom stereocenters. The quantitative estimate of drug-likeness (QED) is 0.894. The van der Waals surface area contributed by atoms with Gasteiger partial charge in [-0.1, -0.05) is 6.92 Å². The van der Waals surface area contributed by atoms with E-state index in [0.29, 0.717) is 11.4 Å². The number of aromatic carboxylic acids is 1. The van der Waals surface area contributed by atoms with Crippen LogP contribution < -0.4 is 5.32 Å². The molecule has 20 heavy (non-hydrogen) atoms. The molecule has 2 rings (SSSR count). The lowest BCUT2D eigenvalue weighted by molar-refractivity contribution is -0.120. The molecule has 110 valence electrons. The number of carbonyl (C=O) groups is 2. The molecule has 0 spiro atoms. The van der Waals surface area contributed by atoms with Gasteiger partial charge in [-0.3, -0.25) is 4.79 Å². The number of hydrogen-bond donors (Lipinski definition) is 2. The third-order valence-electron chi connectivity index (χ3n) is 3.61. The van der Waals surface area contributed by atoms with Crippen molar-refractivity contribution in [1.29, 1.82) is 0 Å². The number of carbonyl (C=O) groups excluding carboxylic acids is 1. The van der Waals surface area contributed by atoms with Crippen molar-refractivity contribution in [3.05, 3.63) is 16.0 Å². The lowest BCUT2D eigenvalue weighted by Crippen LogP contribution is -2.26. The number of nitrogens with one attached hydrogen (secondary N) is 1. The molecule has 1 saturated heterocycles. The van der Waals surface area contributed by atoms with Gasteiger partial charge in [0.05, 0.1) is 5.56 Å². The highest BCUT2D eigenvalue weighted by molar-refractivity contribution is 7.99. The highest BCUT2D eigenvalue weighted by Gasteiger charge is 2.26. The van der Waals surface area contributed by atoms with Crippen LogP contribution in [0.1, 0.15) is 40.6 Å². The van der Waals surface area contributed by atoms with Crippen LogP contribution >= 0.6 is 23.1 Å². The molecule has 4 nitrogen and oxygen atoms in total. The molecule has 1 aromatic heterocycles. The van der Waals surface area contributed by atoms with Gasteiger partial charge in [0.25, 0.3) is 0 Å². The van der Waals surface area contributed by atoms with Gasteiger partial charge in [-0.05, 0) is 43.3 Å². The van der Waals surface area contributed by atoms with Crippen LogP contribution in [0.5, 0.6) is 0 Å². The first kappa shape index (κ1) is 15.4. The average Bonchev–Trinajstić information content (AvgIpc) is 2.75. The number of hydrogen-bond acceptors (Lipinski definition) is 4. The molecular formula is C14H19NO3S2. The van der Waals surface area contributed by atoms with Crippen LogP contribution in [0.4, 0.5) is 5.00 Å². The molecule has 0 saturated carbocycles. The summed E-state index contributed by atoms with van der Waals surface area (Å²) in [5.41, 5.74) is 1.10. The van der Waals surface area contributed by atoms with Crippen molar-refractivity contribution in [2.45, 2.75) is 33.1 Å². The number of thioether (sulfide) groups is 1. The van der Waals surface area contributed by atoms with Gasteiger partial charge in [-0.15, -0.1) is 11.3 Å². The van der Waals surface area contributed by atoms with Gasteiger partial charge >= 0.3 is 5.97 Å². The smallest absolute Gasteiger partial charge is 0.339 e. The number of anilines is 1. The van der Waals surface area contributed by atoms with E-state index in [-0.39, 0.29) is 17.4 Å². The number of aryl methyl sites for hydroxylation is 1. The van der Waals surface area contributed by atoms with Crippen molar-refractivity contribution in [1.82, 2.24) is 0 Å². The maximum absolute atomic E-state index is 12.2. The summed E-state index contributed by atoms with van der Waals surface area (Å²) in [5.74, 6) is 1.05. The van der Waals surface area contributed by atoms with E-state index in [1.807, 2.05) is 25.6 Å². The van der Waals surface area contributed by atoms with Gasteiger partial charge in [0.2, 0.25) is 5.91 Å². The molecule has 1 aliphatic rings. The zero-order valence-corrected chi connectivity index (χ0v) is 13.3. The summed E-state index contributed by atoms with van der Waals surface area (Å²) in [7, 11) is 0. The zero-order chi connectivity index (χ0) is 14.7. The second-order valence-electron chi connectivity index (χ2n) is 4.88. The van der Waals surface area contributed by atoms with Gasteiger partial charge in [-0.2, -0.15) is 11.8 Å². The molecule has 0 bridgehead atoms. The number of thiophene rings is 1. The molecular weight excluding hydrogens is 294 g/mol. The number of carboxylic acid groups (broad SMARTS) is 1. The fourth-order valence-corrected chi connectivity index (χ4v) is 4.74. The molecule has 0 aromatic carbocycles. The Kier molecular flexibility index (Phi) is 5.10. The van der Waals surface area contributed by atoms with E-state index in [2.05, 4.69) is 5.32 Å².